The Morgan fingerprint density at radius 2 is 0.912 bits per heavy atom. The van der Waals surface area contributed by atoms with Gasteiger partial charge in [-0.2, -0.15) is 0 Å². The molecule has 25 heteroatoms. The first-order valence-corrected chi connectivity index (χ1v) is 18.3. The molecule has 0 saturated carbocycles. The molecule has 0 unspecified atom stereocenters. The summed E-state index contributed by atoms with van der Waals surface area (Å²) in [5.74, 6) is -0.823. The third-order valence-electron chi connectivity index (χ3n) is 10.6. The first-order chi connectivity index (χ1) is 26.8. The van der Waals surface area contributed by atoms with Crippen molar-refractivity contribution < 1.29 is 119 Å². The summed E-state index contributed by atoms with van der Waals surface area (Å²) in [6.45, 7) is 0.922. The molecule has 0 spiro atoms. The molecule has 0 aromatic rings. The molecule has 5 aliphatic heterocycles. The fraction of sp³-hybridized carbons (Fsp3) is 0.969. The summed E-state index contributed by atoms with van der Waals surface area (Å²) >= 11 is 0. The van der Waals surface area contributed by atoms with Crippen LogP contribution in [0.2, 0.25) is 0 Å². The van der Waals surface area contributed by atoms with Crippen molar-refractivity contribution >= 4 is 5.91 Å². The van der Waals surface area contributed by atoms with Gasteiger partial charge in [-0.3, -0.25) is 4.79 Å². The average molecular weight is 838 g/mol. The summed E-state index contributed by atoms with van der Waals surface area (Å²) in [5.41, 5.74) is 0. The SMILES string of the molecule is CC(=O)N[C@H]1[C@H](O[C@@H]2[C@@H](O)[C@H](O)O[C@H](CO)[C@@H]2O)O[C@H](CO)[C@@H](O[C@@H]2O[C@@H](C)[C@@H](O)[C@@H](O)[C@@H]2O)[C@@H]1O[C@@H]1O[C@H](CO)[C@H](O)[C@H](O)[C@H]1O[C@@H]1O[C@@H](C)[C@@H](O)[C@@H](O)[C@@H]1O. The van der Waals surface area contributed by atoms with Crippen LogP contribution in [0.4, 0.5) is 0 Å². The van der Waals surface area contributed by atoms with Gasteiger partial charge in [-0.1, -0.05) is 0 Å². The minimum Gasteiger partial charge on any atom is -0.394 e. The van der Waals surface area contributed by atoms with Gasteiger partial charge in [-0.15, -0.1) is 0 Å². The molecular weight excluding hydrogens is 782 g/mol. The van der Waals surface area contributed by atoms with Crippen molar-refractivity contribution in [1.29, 1.82) is 0 Å². The molecule has 25 atom stereocenters. The average Bonchev–Trinajstić information content (AvgIpc) is 3.18. The highest BCUT2D eigenvalue weighted by Crippen LogP contribution is 2.37. The summed E-state index contributed by atoms with van der Waals surface area (Å²) in [6, 6.07) is -1.73. The van der Waals surface area contributed by atoms with Crippen molar-refractivity contribution in [3.63, 3.8) is 0 Å². The second kappa shape index (κ2) is 19.5. The van der Waals surface area contributed by atoms with E-state index >= 15 is 0 Å². The highest BCUT2D eigenvalue weighted by molar-refractivity contribution is 5.73. The van der Waals surface area contributed by atoms with E-state index in [1.807, 2.05) is 0 Å². The molecule has 0 aromatic heterocycles. The van der Waals surface area contributed by atoms with Crippen molar-refractivity contribution in [1.82, 2.24) is 5.32 Å². The Hall–Kier alpha value is -1.45. The highest BCUT2D eigenvalue weighted by atomic mass is 16.8. The second-order valence-electron chi connectivity index (χ2n) is 14.7. The van der Waals surface area contributed by atoms with Crippen molar-refractivity contribution in [2.75, 3.05) is 19.8 Å². The molecule has 5 heterocycles. The van der Waals surface area contributed by atoms with Crippen molar-refractivity contribution in [2.45, 2.75) is 174 Å². The zero-order chi connectivity index (χ0) is 42.2. The molecule has 5 aliphatic rings. The normalized spacial score (nSPS) is 52.3. The lowest BCUT2D eigenvalue weighted by Gasteiger charge is -2.52. The monoisotopic (exact) mass is 837 g/mol. The molecule has 5 fully saturated rings. The van der Waals surface area contributed by atoms with Crippen LogP contribution in [0.5, 0.6) is 0 Å². The summed E-state index contributed by atoms with van der Waals surface area (Å²) in [6.07, 6.45) is -42.6. The summed E-state index contributed by atoms with van der Waals surface area (Å²) in [7, 11) is 0. The number of hydrogen-bond donors (Lipinski definition) is 15. The lowest BCUT2D eigenvalue weighted by Crippen LogP contribution is -2.71. The molecule has 0 radical (unpaired) electrons. The maximum atomic E-state index is 12.8. The molecule has 15 N–H and O–H groups in total. The molecule has 57 heavy (non-hydrogen) atoms. The predicted molar refractivity (Wildman–Crippen MR) is 175 cm³/mol. The van der Waals surface area contributed by atoms with E-state index < -0.39 is 179 Å². The number of aliphatic hydroxyl groups is 14. The van der Waals surface area contributed by atoms with Gasteiger partial charge in [0.15, 0.2) is 31.5 Å². The van der Waals surface area contributed by atoms with E-state index in [9.17, 15) is 76.3 Å². The number of nitrogens with one attached hydrogen (secondary N) is 1. The maximum absolute atomic E-state index is 12.8. The summed E-state index contributed by atoms with van der Waals surface area (Å²) < 4.78 is 51.9. The molecule has 1 amide bonds. The van der Waals surface area contributed by atoms with Gasteiger partial charge in [-0.05, 0) is 13.8 Å². The molecule has 0 aromatic carbocycles. The molecule has 5 rings (SSSR count). The van der Waals surface area contributed by atoms with Gasteiger partial charge < -0.3 is 119 Å². The number of aliphatic hydroxyl groups excluding tert-OH is 14. The number of carbonyl (C=O) groups is 1. The van der Waals surface area contributed by atoms with Gasteiger partial charge >= 0.3 is 0 Å². The zero-order valence-electron chi connectivity index (χ0n) is 30.9. The number of ether oxygens (including phenoxy) is 9. The highest BCUT2D eigenvalue weighted by Gasteiger charge is 2.58. The van der Waals surface area contributed by atoms with E-state index in [2.05, 4.69) is 5.32 Å². The fourth-order valence-electron chi connectivity index (χ4n) is 7.29. The van der Waals surface area contributed by atoms with E-state index in [4.69, 9.17) is 42.6 Å². The topological polar surface area (TPSA) is 395 Å². The molecular formula is C32H55NO24. The third kappa shape index (κ3) is 9.71. The Balaban J connectivity index is 1.56. The Labute approximate surface area is 324 Å². The second-order valence-corrected chi connectivity index (χ2v) is 14.7. The van der Waals surface area contributed by atoms with Gasteiger partial charge in [0, 0.05) is 6.92 Å². The molecule has 332 valence electrons. The smallest absolute Gasteiger partial charge is 0.217 e. The first kappa shape index (κ1) is 46.6. The van der Waals surface area contributed by atoms with Crippen molar-refractivity contribution in [3.8, 4) is 0 Å². The van der Waals surface area contributed by atoms with Crippen molar-refractivity contribution in [2.24, 2.45) is 0 Å². The predicted octanol–water partition coefficient (Wildman–Crippen LogP) is -9.73. The third-order valence-corrected chi connectivity index (χ3v) is 10.6. The Kier molecular flexibility index (Phi) is 16.0. The standard InChI is InChI=1S/C32H55NO24/c1-7-14(38)18(42)21(45)30(49-7)54-24-12(6-36)53-29(56-26-17(41)11(5-35)51-28(48)23(26)47)13(33-9(3)37)25(24)55-32-27(20(44)16(40)10(4-34)52-32)57-31-22(46)19(43)15(39)8(2)50-31/h7-8,10-32,34-36,38-48H,4-6H2,1-3H3,(H,33,37)/t7-,8-,10+,11+,12+,13+,14+,15+,16-,17-,18+,19+,20-,21-,22-,23+,24+,25+,26-,27+,28+,29-,30-,31-,32-/m0/s1. The van der Waals surface area contributed by atoms with Crippen LogP contribution in [0.1, 0.15) is 20.8 Å². The Morgan fingerprint density at radius 1 is 0.456 bits per heavy atom. The minimum absolute atomic E-state index is 0.823. The van der Waals surface area contributed by atoms with E-state index in [1.165, 1.54) is 13.8 Å². The molecule has 25 nitrogen and oxygen atoms in total. The van der Waals surface area contributed by atoms with Gasteiger partial charge in [0.25, 0.3) is 0 Å². The van der Waals surface area contributed by atoms with Crippen LogP contribution in [0, 0.1) is 0 Å². The van der Waals surface area contributed by atoms with Crippen LogP contribution in [0.3, 0.4) is 0 Å². The molecule has 0 aliphatic carbocycles. The lowest BCUT2D eigenvalue weighted by atomic mass is 9.93. The number of carbonyl (C=O) groups excluding carboxylic acids is 1. The fourth-order valence-corrected chi connectivity index (χ4v) is 7.29. The van der Waals surface area contributed by atoms with Gasteiger partial charge in [-0.25, -0.2) is 0 Å². The minimum atomic E-state index is -2.04. The quantitative estimate of drug-likeness (QED) is 0.0867. The molecule has 0 bridgehead atoms. The van der Waals surface area contributed by atoms with E-state index in [0.717, 1.165) is 6.92 Å². The molecule has 5 saturated heterocycles. The summed E-state index contributed by atoms with van der Waals surface area (Å²) in [4.78, 5) is 12.8. The number of rotatable bonds is 12. The maximum Gasteiger partial charge on any atom is 0.217 e. The van der Waals surface area contributed by atoms with Crippen LogP contribution >= 0.6 is 0 Å². The van der Waals surface area contributed by atoms with Crippen LogP contribution in [0.25, 0.3) is 0 Å². The number of amides is 1. The first-order valence-electron chi connectivity index (χ1n) is 18.3. The van der Waals surface area contributed by atoms with Crippen LogP contribution in [-0.4, -0.2) is 251 Å². The Bertz CT molecular complexity index is 1290. The zero-order valence-corrected chi connectivity index (χ0v) is 30.9. The van der Waals surface area contributed by atoms with Gasteiger partial charge in [0.2, 0.25) is 5.91 Å². The largest absolute Gasteiger partial charge is 0.394 e. The van der Waals surface area contributed by atoms with Crippen LogP contribution in [0.15, 0.2) is 0 Å². The van der Waals surface area contributed by atoms with E-state index in [0.29, 0.717) is 0 Å². The summed E-state index contributed by atoms with van der Waals surface area (Å²) in [5, 5.41) is 150. The van der Waals surface area contributed by atoms with Gasteiger partial charge in [0.05, 0.1) is 32.0 Å². The van der Waals surface area contributed by atoms with E-state index in [-0.39, 0.29) is 0 Å². The van der Waals surface area contributed by atoms with E-state index in [1.54, 1.807) is 0 Å². The van der Waals surface area contributed by atoms with Crippen molar-refractivity contribution in [3.05, 3.63) is 0 Å². The van der Waals surface area contributed by atoms with Crippen LogP contribution in [-0.2, 0) is 47.4 Å². The Morgan fingerprint density at radius 3 is 1.42 bits per heavy atom. The lowest BCUT2D eigenvalue weighted by molar-refractivity contribution is -0.397. The van der Waals surface area contributed by atoms with Crippen LogP contribution < -0.4 is 5.32 Å². The number of hydrogen-bond acceptors (Lipinski definition) is 24. The van der Waals surface area contributed by atoms with Gasteiger partial charge in [0.1, 0.15) is 110 Å².